The summed E-state index contributed by atoms with van der Waals surface area (Å²) in [6.45, 7) is 3.40. The van der Waals surface area contributed by atoms with Crippen molar-refractivity contribution in [1.82, 2.24) is 4.98 Å². The van der Waals surface area contributed by atoms with Gasteiger partial charge in [0.2, 0.25) is 0 Å². The van der Waals surface area contributed by atoms with Crippen molar-refractivity contribution in [3.63, 3.8) is 0 Å². The maximum absolute atomic E-state index is 13.3. The number of ether oxygens (including phenoxy) is 1. The molecule has 4 rings (SSSR count). The maximum atomic E-state index is 13.3. The number of anilines is 1. The number of aromatic amines is 1. The molecule has 0 radical (unpaired) electrons. The van der Waals surface area contributed by atoms with E-state index in [1.165, 1.54) is 4.90 Å². The van der Waals surface area contributed by atoms with Crippen LogP contribution < -0.4 is 10.3 Å². The number of H-pyrrole nitrogens is 1. The topological polar surface area (TPSA) is 79.5 Å². The van der Waals surface area contributed by atoms with E-state index < -0.39 is 17.4 Å². The molecule has 0 saturated heterocycles. The van der Waals surface area contributed by atoms with Crippen molar-refractivity contribution in [1.29, 1.82) is 0 Å². The highest BCUT2D eigenvalue weighted by Gasteiger charge is 2.56. The average Bonchev–Trinajstić information content (AvgIpc) is 2.91. The zero-order valence-corrected chi connectivity index (χ0v) is 15.0. The molecule has 0 aliphatic carbocycles. The lowest BCUT2D eigenvalue weighted by molar-refractivity contribution is -0.149. The van der Waals surface area contributed by atoms with Crippen LogP contribution in [0.25, 0.3) is 10.9 Å². The first-order valence-corrected chi connectivity index (χ1v) is 8.72. The van der Waals surface area contributed by atoms with Gasteiger partial charge in [0, 0.05) is 16.6 Å². The van der Waals surface area contributed by atoms with Gasteiger partial charge < -0.3 is 9.72 Å². The van der Waals surface area contributed by atoms with E-state index in [1.54, 1.807) is 62.4 Å². The van der Waals surface area contributed by atoms with Crippen LogP contribution in [0.2, 0.25) is 0 Å². The van der Waals surface area contributed by atoms with Gasteiger partial charge in [-0.15, -0.1) is 0 Å². The molecule has 1 N–H and O–H groups in total. The Morgan fingerprint density at radius 1 is 1.07 bits per heavy atom. The Hall–Kier alpha value is -3.41. The monoisotopic (exact) mass is 362 g/mol. The quantitative estimate of drug-likeness (QED) is 0.727. The lowest BCUT2D eigenvalue weighted by atomic mass is 9.91. The van der Waals surface area contributed by atoms with Crippen LogP contribution in [-0.4, -0.2) is 23.5 Å². The number of benzene rings is 2. The van der Waals surface area contributed by atoms with Gasteiger partial charge in [0.1, 0.15) is 5.69 Å². The van der Waals surface area contributed by atoms with Crippen LogP contribution in [0.3, 0.4) is 0 Å². The van der Waals surface area contributed by atoms with Crippen molar-refractivity contribution in [2.45, 2.75) is 19.4 Å². The molecule has 0 fully saturated rings. The first-order valence-electron chi connectivity index (χ1n) is 8.72. The third-order valence-electron chi connectivity index (χ3n) is 4.95. The molecule has 1 amide bonds. The van der Waals surface area contributed by atoms with E-state index in [9.17, 15) is 14.4 Å². The molecule has 0 spiro atoms. The van der Waals surface area contributed by atoms with Gasteiger partial charge in [-0.05, 0) is 38.1 Å². The SMILES string of the molecule is CCOC(=O)[C@]1(C)c2c([nH]c3ccccc3c2=O)C(=O)N1c1ccccc1. The minimum atomic E-state index is -1.55. The Kier molecular flexibility index (Phi) is 3.84. The Bertz CT molecular complexity index is 1120. The number of carbonyl (C=O) groups excluding carboxylic acids is 2. The summed E-state index contributed by atoms with van der Waals surface area (Å²) < 4.78 is 5.27. The summed E-state index contributed by atoms with van der Waals surface area (Å²) in [6, 6.07) is 15.8. The van der Waals surface area contributed by atoms with Crippen molar-refractivity contribution in [2.24, 2.45) is 0 Å². The highest BCUT2D eigenvalue weighted by Crippen LogP contribution is 2.41. The Balaban J connectivity index is 2.07. The first kappa shape index (κ1) is 17.0. The molecular weight excluding hydrogens is 344 g/mol. The zero-order valence-electron chi connectivity index (χ0n) is 15.0. The van der Waals surface area contributed by atoms with Gasteiger partial charge in [0.25, 0.3) is 5.91 Å². The number of rotatable bonds is 3. The lowest BCUT2D eigenvalue weighted by Gasteiger charge is -2.33. The maximum Gasteiger partial charge on any atom is 0.337 e. The number of hydrogen-bond acceptors (Lipinski definition) is 4. The Morgan fingerprint density at radius 2 is 1.74 bits per heavy atom. The van der Waals surface area contributed by atoms with Gasteiger partial charge in [-0.3, -0.25) is 14.5 Å². The van der Waals surface area contributed by atoms with Crippen molar-refractivity contribution < 1.29 is 14.3 Å². The second-order valence-corrected chi connectivity index (χ2v) is 6.52. The molecule has 0 unspecified atom stereocenters. The van der Waals surface area contributed by atoms with Crippen LogP contribution in [0.5, 0.6) is 0 Å². The third-order valence-corrected chi connectivity index (χ3v) is 4.95. The Morgan fingerprint density at radius 3 is 2.44 bits per heavy atom. The fourth-order valence-corrected chi connectivity index (χ4v) is 3.70. The predicted molar refractivity (Wildman–Crippen MR) is 102 cm³/mol. The first-order chi connectivity index (χ1) is 13.0. The summed E-state index contributed by atoms with van der Waals surface area (Å²) in [7, 11) is 0. The molecular formula is C21H18N2O4. The predicted octanol–water partition coefficient (Wildman–Crippen LogP) is 2.97. The van der Waals surface area contributed by atoms with Crippen LogP contribution >= 0.6 is 0 Å². The molecule has 2 heterocycles. The summed E-state index contributed by atoms with van der Waals surface area (Å²) in [4.78, 5) is 43.9. The van der Waals surface area contributed by atoms with E-state index in [0.717, 1.165) is 0 Å². The lowest BCUT2D eigenvalue weighted by Crippen LogP contribution is -2.50. The van der Waals surface area contributed by atoms with Crippen LogP contribution in [0.15, 0.2) is 59.4 Å². The molecule has 136 valence electrons. The minimum Gasteiger partial charge on any atom is -0.464 e. The van der Waals surface area contributed by atoms with E-state index >= 15 is 0 Å². The van der Waals surface area contributed by atoms with Gasteiger partial charge in [0.05, 0.1) is 12.2 Å². The molecule has 1 atom stereocenters. The molecule has 0 bridgehead atoms. The van der Waals surface area contributed by atoms with E-state index in [0.29, 0.717) is 16.6 Å². The average molecular weight is 362 g/mol. The number of carbonyl (C=O) groups is 2. The number of amides is 1. The molecule has 6 heteroatoms. The number of fused-ring (bicyclic) bond motifs is 2. The second kappa shape index (κ2) is 6.09. The molecule has 3 aromatic rings. The van der Waals surface area contributed by atoms with E-state index in [4.69, 9.17) is 4.74 Å². The van der Waals surface area contributed by atoms with Crippen molar-refractivity contribution in [2.75, 3.05) is 11.5 Å². The van der Waals surface area contributed by atoms with E-state index in [-0.39, 0.29) is 23.3 Å². The van der Waals surface area contributed by atoms with Crippen LogP contribution in [0.4, 0.5) is 5.69 Å². The van der Waals surface area contributed by atoms with Crippen molar-refractivity contribution >= 4 is 28.5 Å². The van der Waals surface area contributed by atoms with Crippen molar-refractivity contribution in [3.05, 3.63) is 76.1 Å². The zero-order chi connectivity index (χ0) is 19.2. The molecule has 1 aromatic heterocycles. The van der Waals surface area contributed by atoms with Gasteiger partial charge in [-0.2, -0.15) is 0 Å². The normalized spacial score (nSPS) is 18.6. The highest BCUT2D eigenvalue weighted by molar-refractivity contribution is 6.16. The fraction of sp³-hybridized carbons (Fsp3) is 0.190. The standard InChI is InChI=1S/C21H18N2O4/c1-3-27-20(26)21(2)16-17(19(25)23(21)13-9-5-4-6-10-13)22-15-12-8-7-11-14(15)18(16)24/h4-12H,3H2,1-2H3,(H,22,24)/t21-/m0/s1. The fourth-order valence-electron chi connectivity index (χ4n) is 3.70. The molecule has 0 saturated carbocycles. The smallest absolute Gasteiger partial charge is 0.337 e. The number of hydrogen-bond donors (Lipinski definition) is 1. The summed E-state index contributed by atoms with van der Waals surface area (Å²) in [5.41, 5.74) is -0.586. The van der Waals surface area contributed by atoms with Gasteiger partial charge in [-0.1, -0.05) is 30.3 Å². The summed E-state index contributed by atoms with van der Waals surface area (Å²) in [5.74, 6) is -1.07. The van der Waals surface area contributed by atoms with Gasteiger partial charge in [0.15, 0.2) is 11.0 Å². The van der Waals surface area contributed by atoms with Crippen LogP contribution in [-0.2, 0) is 15.1 Å². The van der Waals surface area contributed by atoms with Crippen LogP contribution in [0.1, 0.15) is 29.9 Å². The van der Waals surface area contributed by atoms with Crippen molar-refractivity contribution in [3.8, 4) is 0 Å². The third kappa shape index (κ3) is 2.30. The number of para-hydroxylation sites is 2. The molecule has 2 aromatic carbocycles. The number of esters is 1. The highest BCUT2D eigenvalue weighted by atomic mass is 16.5. The van der Waals surface area contributed by atoms with E-state index in [1.807, 2.05) is 6.07 Å². The molecule has 1 aliphatic heterocycles. The minimum absolute atomic E-state index is 0.119. The number of pyridine rings is 1. The number of nitrogens with zero attached hydrogens (tertiary/aromatic N) is 1. The largest absolute Gasteiger partial charge is 0.464 e. The summed E-state index contributed by atoms with van der Waals surface area (Å²) in [6.07, 6.45) is 0. The van der Waals surface area contributed by atoms with Crippen LogP contribution in [0, 0.1) is 0 Å². The van der Waals surface area contributed by atoms with E-state index in [2.05, 4.69) is 4.98 Å². The molecule has 27 heavy (non-hydrogen) atoms. The van der Waals surface area contributed by atoms with Gasteiger partial charge in [-0.25, -0.2) is 4.79 Å². The summed E-state index contributed by atoms with van der Waals surface area (Å²) in [5, 5.41) is 0.425. The second-order valence-electron chi connectivity index (χ2n) is 6.52. The van der Waals surface area contributed by atoms with Gasteiger partial charge >= 0.3 is 5.97 Å². The number of aromatic nitrogens is 1. The molecule has 6 nitrogen and oxygen atoms in total. The number of nitrogens with one attached hydrogen (secondary N) is 1. The Labute approximate surface area is 155 Å². The summed E-state index contributed by atoms with van der Waals surface area (Å²) >= 11 is 0. The molecule has 1 aliphatic rings.